The Morgan fingerprint density at radius 1 is 1.29 bits per heavy atom. The Hall–Kier alpha value is -0.150. The average Bonchev–Trinajstić information content (AvgIpc) is 2.15. The largest absolute Gasteiger partial charge is 0.466 e. The van der Waals surface area contributed by atoms with Crippen molar-refractivity contribution in [3.63, 3.8) is 0 Å². The van der Waals surface area contributed by atoms with Crippen molar-refractivity contribution in [1.29, 1.82) is 0 Å². The smallest absolute Gasteiger partial charge is 0.188 e. The number of hydrogen-bond donors (Lipinski definition) is 0. The van der Waals surface area contributed by atoms with Gasteiger partial charge in [0.2, 0.25) is 0 Å². The van der Waals surface area contributed by atoms with Crippen LogP contribution in [0.2, 0.25) is 10.0 Å². The maximum atomic E-state index is 5.93. The van der Waals surface area contributed by atoms with Gasteiger partial charge in [-0.05, 0) is 12.1 Å². The van der Waals surface area contributed by atoms with Crippen LogP contribution in [0.4, 0.5) is 0 Å². The molecule has 0 saturated heterocycles. The second-order valence-corrected chi connectivity index (χ2v) is 3.67. The van der Waals surface area contributed by atoms with E-state index in [0.717, 1.165) is 5.56 Å². The van der Waals surface area contributed by atoms with Crippen molar-refractivity contribution in [2.45, 2.75) is 5.88 Å². The molecule has 0 aromatic heterocycles. The van der Waals surface area contributed by atoms with Crippen LogP contribution in [0.15, 0.2) is 12.1 Å². The Labute approximate surface area is 97.7 Å². The van der Waals surface area contributed by atoms with Gasteiger partial charge in [-0.25, -0.2) is 0 Å². The molecule has 0 aliphatic heterocycles. The van der Waals surface area contributed by atoms with E-state index in [2.05, 4.69) is 0 Å². The molecule has 0 radical (unpaired) electrons. The Morgan fingerprint density at radius 3 is 2.57 bits per heavy atom. The van der Waals surface area contributed by atoms with Crippen molar-refractivity contribution in [1.82, 2.24) is 0 Å². The van der Waals surface area contributed by atoms with Crippen molar-refractivity contribution in [3.8, 4) is 5.75 Å². The van der Waals surface area contributed by atoms with Crippen LogP contribution in [-0.2, 0) is 10.6 Å². The van der Waals surface area contributed by atoms with Crippen LogP contribution in [-0.4, -0.2) is 13.9 Å². The number of hydrogen-bond acceptors (Lipinski definition) is 2. The Balaban J connectivity index is 2.99. The lowest BCUT2D eigenvalue weighted by Crippen LogP contribution is -2.01. The van der Waals surface area contributed by atoms with Gasteiger partial charge >= 0.3 is 0 Å². The highest BCUT2D eigenvalue weighted by Gasteiger charge is 2.09. The first-order valence-corrected chi connectivity index (χ1v) is 5.13. The zero-order valence-electron chi connectivity index (χ0n) is 7.52. The van der Waals surface area contributed by atoms with E-state index >= 15 is 0 Å². The van der Waals surface area contributed by atoms with Crippen LogP contribution in [0.5, 0.6) is 5.75 Å². The zero-order chi connectivity index (χ0) is 10.6. The molecule has 1 aromatic rings. The molecule has 0 heterocycles. The van der Waals surface area contributed by atoms with Crippen LogP contribution in [0.25, 0.3) is 0 Å². The molecule has 0 N–H and O–H groups in total. The van der Waals surface area contributed by atoms with Crippen molar-refractivity contribution in [2.75, 3.05) is 13.9 Å². The molecule has 0 amide bonds. The molecular formula is C9H9Cl3O2. The fourth-order valence-corrected chi connectivity index (χ4v) is 1.78. The first kappa shape index (κ1) is 11.9. The molecule has 0 bridgehead atoms. The third-order valence-corrected chi connectivity index (χ3v) is 2.34. The third kappa shape index (κ3) is 2.92. The zero-order valence-corrected chi connectivity index (χ0v) is 9.79. The molecule has 1 aromatic carbocycles. The summed E-state index contributed by atoms with van der Waals surface area (Å²) in [6.45, 7) is 0.130. The summed E-state index contributed by atoms with van der Waals surface area (Å²) in [6.07, 6.45) is 0. The van der Waals surface area contributed by atoms with Gasteiger partial charge in [0, 0.05) is 17.7 Å². The quantitative estimate of drug-likeness (QED) is 0.603. The number of rotatable bonds is 4. The fraction of sp³-hybridized carbons (Fsp3) is 0.333. The van der Waals surface area contributed by atoms with Crippen LogP contribution < -0.4 is 4.74 Å². The lowest BCUT2D eigenvalue weighted by Gasteiger charge is -2.11. The summed E-state index contributed by atoms with van der Waals surface area (Å²) in [5.41, 5.74) is 0.751. The van der Waals surface area contributed by atoms with Gasteiger partial charge in [-0.1, -0.05) is 23.2 Å². The monoisotopic (exact) mass is 254 g/mol. The van der Waals surface area contributed by atoms with Gasteiger partial charge in [-0.3, -0.25) is 0 Å². The van der Waals surface area contributed by atoms with Crippen molar-refractivity contribution >= 4 is 34.8 Å². The second-order valence-electron chi connectivity index (χ2n) is 2.56. The first-order chi connectivity index (χ1) is 6.69. The Morgan fingerprint density at radius 2 is 2.00 bits per heavy atom. The molecule has 0 fully saturated rings. The molecule has 0 aliphatic rings. The predicted molar refractivity (Wildman–Crippen MR) is 58.5 cm³/mol. The van der Waals surface area contributed by atoms with E-state index in [0.29, 0.717) is 21.7 Å². The van der Waals surface area contributed by atoms with E-state index in [1.165, 1.54) is 7.11 Å². The van der Waals surface area contributed by atoms with Crippen LogP contribution in [0.1, 0.15) is 5.56 Å². The van der Waals surface area contributed by atoms with E-state index in [-0.39, 0.29) is 6.79 Å². The normalized spacial score (nSPS) is 10.3. The minimum Gasteiger partial charge on any atom is -0.466 e. The minimum absolute atomic E-state index is 0.130. The highest BCUT2D eigenvalue weighted by Crippen LogP contribution is 2.33. The second kappa shape index (κ2) is 5.66. The summed E-state index contributed by atoms with van der Waals surface area (Å²) in [6, 6.07) is 3.32. The number of methoxy groups -OCH3 is 1. The van der Waals surface area contributed by atoms with E-state index in [9.17, 15) is 0 Å². The summed E-state index contributed by atoms with van der Waals surface area (Å²) in [7, 11) is 1.53. The third-order valence-electron chi connectivity index (χ3n) is 1.55. The minimum atomic E-state index is 0.130. The first-order valence-electron chi connectivity index (χ1n) is 3.84. The van der Waals surface area contributed by atoms with Gasteiger partial charge in [-0.15, -0.1) is 11.6 Å². The number of halogens is 3. The SMILES string of the molecule is COCOc1c(Cl)cc(Cl)cc1CCl. The molecular weight excluding hydrogens is 246 g/mol. The van der Waals surface area contributed by atoms with E-state index in [1.807, 2.05) is 0 Å². The molecule has 5 heteroatoms. The highest BCUT2D eigenvalue weighted by atomic mass is 35.5. The predicted octanol–water partition coefficient (Wildman–Crippen LogP) is 3.71. The van der Waals surface area contributed by atoms with Crippen molar-refractivity contribution in [2.24, 2.45) is 0 Å². The van der Waals surface area contributed by atoms with E-state index in [1.54, 1.807) is 12.1 Å². The average molecular weight is 256 g/mol. The number of ether oxygens (including phenoxy) is 2. The van der Waals surface area contributed by atoms with Gasteiger partial charge in [0.1, 0.15) is 5.75 Å². The molecule has 0 aliphatic carbocycles. The summed E-state index contributed by atoms with van der Waals surface area (Å²) >= 11 is 17.4. The summed E-state index contributed by atoms with van der Waals surface area (Å²) in [5.74, 6) is 0.812. The molecule has 2 nitrogen and oxygen atoms in total. The maximum Gasteiger partial charge on any atom is 0.188 e. The van der Waals surface area contributed by atoms with E-state index in [4.69, 9.17) is 44.3 Å². The number of benzene rings is 1. The molecule has 0 spiro atoms. The molecule has 78 valence electrons. The highest BCUT2D eigenvalue weighted by molar-refractivity contribution is 6.35. The van der Waals surface area contributed by atoms with Gasteiger partial charge in [0.05, 0.1) is 10.9 Å². The molecule has 0 atom stereocenters. The van der Waals surface area contributed by atoms with Gasteiger partial charge < -0.3 is 9.47 Å². The maximum absolute atomic E-state index is 5.93. The van der Waals surface area contributed by atoms with Crippen molar-refractivity contribution < 1.29 is 9.47 Å². The van der Waals surface area contributed by atoms with Crippen LogP contribution >= 0.6 is 34.8 Å². The standard InChI is InChI=1S/C9H9Cl3O2/c1-13-5-14-9-6(4-10)2-7(11)3-8(9)12/h2-3H,4-5H2,1H3. The fourth-order valence-electron chi connectivity index (χ4n) is 0.992. The number of alkyl halides is 1. The summed E-state index contributed by atoms with van der Waals surface area (Å²) < 4.78 is 10.0. The summed E-state index contributed by atoms with van der Waals surface area (Å²) in [4.78, 5) is 0. The Bertz CT molecular complexity index is 315. The van der Waals surface area contributed by atoms with Crippen LogP contribution in [0, 0.1) is 0 Å². The summed E-state index contributed by atoms with van der Waals surface area (Å²) in [5, 5.41) is 0.973. The van der Waals surface area contributed by atoms with Crippen molar-refractivity contribution in [3.05, 3.63) is 27.7 Å². The molecule has 0 saturated carbocycles. The van der Waals surface area contributed by atoms with Gasteiger partial charge in [0.15, 0.2) is 6.79 Å². The topological polar surface area (TPSA) is 18.5 Å². The molecule has 0 unspecified atom stereocenters. The lowest BCUT2D eigenvalue weighted by molar-refractivity contribution is 0.0506. The van der Waals surface area contributed by atoms with Crippen LogP contribution in [0.3, 0.4) is 0 Å². The van der Waals surface area contributed by atoms with Gasteiger partial charge in [0.25, 0.3) is 0 Å². The van der Waals surface area contributed by atoms with Gasteiger partial charge in [-0.2, -0.15) is 0 Å². The molecule has 14 heavy (non-hydrogen) atoms. The Kier molecular flexibility index (Phi) is 4.82. The lowest BCUT2D eigenvalue weighted by atomic mass is 10.2. The van der Waals surface area contributed by atoms with E-state index < -0.39 is 0 Å². The molecule has 1 rings (SSSR count).